The molecule has 20 heavy (non-hydrogen) atoms. The van der Waals surface area contributed by atoms with E-state index in [1.807, 2.05) is 13.1 Å². The van der Waals surface area contributed by atoms with Crippen molar-refractivity contribution in [3.05, 3.63) is 16.6 Å². The number of rotatable bonds is 4. The van der Waals surface area contributed by atoms with Crippen LogP contribution in [0.1, 0.15) is 35.1 Å². The van der Waals surface area contributed by atoms with Gasteiger partial charge >= 0.3 is 5.97 Å². The zero-order chi connectivity index (χ0) is 15.0. The summed E-state index contributed by atoms with van der Waals surface area (Å²) in [6.45, 7) is 3.80. The molecule has 0 aliphatic heterocycles. The highest BCUT2D eigenvalue weighted by atomic mass is 32.1. The van der Waals surface area contributed by atoms with Crippen molar-refractivity contribution in [2.75, 3.05) is 13.6 Å². The average molecular weight is 295 g/mol. The number of aryl methyl sites for hydroxylation is 1. The number of carboxylic acids is 1. The average Bonchev–Trinajstić information content (AvgIpc) is 2.88. The van der Waals surface area contributed by atoms with Gasteiger partial charge in [-0.3, -0.25) is 14.3 Å². The Morgan fingerprint density at radius 3 is 2.70 bits per heavy atom. The van der Waals surface area contributed by atoms with Crippen LogP contribution in [-0.2, 0) is 11.8 Å². The number of fused-ring (bicyclic) bond motifs is 1. The van der Waals surface area contributed by atoms with Crippen LogP contribution in [-0.4, -0.2) is 45.3 Å². The minimum atomic E-state index is -1.02. The molecular weight excluding hydrogens is 278 g/mol. The van der Waals surface area contributed by atoms with Crippen molar-refractivity contribution in [1.82, 2.24) is 14.7 Å². The van der Waals surface area contributed by atoms with E-state index in [0.717, 1.165) is 15.9 Å². The van der Waals surface area contributed by atoms with Gasteiger partial charge in [0.1, 0.15) is 11.4 Å². The fourth-order valence-electron chi connectivity index (χ4n) is 2.06. The summed E-state index contributed by atoms with van der Waals surface area (Å²) in [4.78, 5) is 25.5. The van der Waals surface area contributed by atoms with Crippen LogP contribution in [0.25, 0.3) is 10.2 Å². The maximum Gasteiger partial charge on any atom is 0.323 e. The molecule has 108 valence electrons. The Labute approximate surface area is 120 Å². The second kappa shape index (κ2) is 5.24. The Morgan fingerprint density at radius 1 is 1.50 bits per heavy atom. The van der Waals surface area contributed by atoms with E-state index in [2.05, 4.69) is 18.9 Å². The van der Waals surface area contributed by atoms with Gasteiger partial charge in [-0.2, -0.15) is 5.10 Å². The summed E-state index contributed by atoms with van der Waals surface area (Å²) in [6, 6.07) is 1.81. The lowest BCUT2D eigenvalue weighted by Gasteiger charge is -2.12. The molecule has 0 saturated carbocycles. The van der Waals surface area contributed by atoms with Gasteiger partial charge in [0.25, 0.3) is 5.91 Å². The Morgan fingerprint density at radius 2 is 2.15 bits per heavy atom. The summed E-state index contributed by atoms with van der Waals surface area (Å²) >= 11 is 1.34. The number of amides is 1. The number of hydrogen-bond donors (Lipinski definition) is 1. The predicted octanol–water partition coefficient (Wildman–Crippen LogP) is 1.91. The molecule has 1 amide bonds. The van der Waals surface area contributed by atoms with Gasteiger partial charge in [0, 0.05) is 19.5 Å². The number of aliphatic carboxylic acids is 1. The van der Waals surface area contributed by atoms with Crippen molar-refractivity contribution in [2.24, 2.45) is 7.05 Å². The van der Waals surface area contributed by atoms with Crippen LogP contribution in [0.3, 0.4) is 0 Å². The van der Waals surface area contributed by atoms with Crippen molar-refractivity contribution >= 4 is 33.4 Å². The van der Waals surface area contributed by atoms with Crippen molar-refractivity contribution in [3.63, 3.8) is 0 Å². The van der Waals surface area contributed by atoms with Gasteiger partial charge in [0.05, 0.1) is 10.6 Å². The topological polar surface area (TPSA) is 75.4 Å². The van der Waals surface area contributed by atoms with E-state index in [4.69, 9.17) is 5.11 Å². The SMILES string of the molecule is CC(C)c1nn(C)c2sc(C(=O)N(C)CC(=O)O)cc12. The van der Waals surface area contributed by atoms with E-state index in [0.29, 0.717) is 4.88 Å². The Kier molecular flexibility index (Phi) is 3.80. The van der Waals surface area contributed by atoms with Gasteiger partial charge in [0.15, 0.2) is 0 Å². The number of nitrogens with zero attached hydrogens (tertiary/aromatic N) is 3. The number of carbonyl (C=O) groups excluding carboxylic acids is 1. The van der Waals surface area contributed by atoms with Crippen molar-refractivity contribution < 1.29 is 14.7 Å². The number of thiophene rings is 1. The zero-order valence-electron chi connectivity index (χ0n) is 11.9. The van der Waals surface area contributed by atoms with Gasteiger partial charge < -0.3 is 10.0 Å². The lowest BCUT2D eigenvalue weighted by atomic mass is 10.1. The van der Waals surface area contributed by atoms with Crippen LogP contribution in [0, 0.1) is 0 Å². The van der Waals surface area contributed by atoms with Gasteiger partial charge in [-0.25, -0.2) is 0 Å². The molecular formula is C13H17N3O3S. The van der Waals surface area contributed by atoms with E-state index in [-0.39, 0.29) is 18.4 Å². The molecule has 6 nitrogen and oxygen atoms in total. The molecule has 1 N–H and O–H groups in total. The van der Waals surface area contributed by atoms with E-state index >= 15 is 0 Å². The lowest BCUT2D eigenvalue weighted by molar-refractivity contribution is -0.137. The van der Waals surface area contributed by atoms with Crippen LogP contribution >= 0.6 is 11.3 Å². The second-order valence-corrected chi connectivity index (χ2v) is 6.08. The molecule has 2 aromatic heterocycles. The Hall–Kier alpha value is -1.89. The minimum Gasteiger partial charge on any atom is -0.480 e. The van der Waals surface area contributed by atoms with Crippen LogP contribution in [0.15, 0.2) is 6.07 Å². The normalized spacial score (nSPS) is 11.2. The maximum absolute atomic E-state index is 12.2. The van der Waals surface area contributed by atoms with E-state index < -0.39 is 5.97 Å². The van der Waals surface area contributed by atoms with Gasteiger partial charge in [0.2, 0.25) is 0 Å². The molecule has 0 fully saturated rings. The second-order valence-electron chi connectivity index (χ2n) is 5.05. The number of aromatic nitrogens is 2. The van der Waals surface area contributed by atoms with Crippen molar-refractivity contribution in [3.8, 4) is 0 Å². The van der Waals surface area contributed by atoms with Crippen LogP contribution < -0.4 is 0 Å². The summed E-state index contributed by atoms with van der Waals surface area (Å²) < 4.78 is 1.77. The highest BCUT2D eigenvalue weighted by Crippen LogP contribution is 2.31. The summed E-state index contributed by atoms with van der Waals surface area (Å²) in [5.74, 6) is -1.03. The fraction of sp³-hybridized carbons (Fsp3) is 0.462. The summed E-state index contributed by atoms with van der Waals surface area (Å²) in [5.41, 5.74) is 0.957. The summed E-state index contributed by atoms with van der Waals surface area (Å²) in [7, 11) is 3.34. The molecule has 0 saturated heterocycles. The Bertz CT molecular complexity index is 672. The molecule has 0 atom stereocenters. The molecule has 2 heterocycles. The maximum atomic E-state index is 12.2. The van der Waals surface area contributed by atoms with Gasteiger partial charge in [-0.1, -0.05) is 13.8 Å². The molecule has 0 bridgehead atoms. The molecule has 0 radical (unpaired) electrons. The number of carboxylic acid groups (broad SMARTS) is 1. The molecule has 0 aliphatic carbocycles. The molecule has 2 aromatic rings. The first-order valence-corrected chi connectivity index (χ1v) is 7.06. The van der Waals surface area contributed by atoms with E-state index in [1.54, 1.807) is 4.68 Å². The van der Waals surface area contributed by atoms with E-state index in [9.17, 15) is 9.59 Å². The Balaban J connectivity index is 2.39. The predicted molar refractivity (Wildman–Crippen MR) is 77.3 cm³/mol. The third-order valence-corrected chi connectivity index (χ3v) is 4.21. The minimum absolute atomic E-state index is 0.271. The monoisotopic (exact) mass is 295 g/mol. The molecule has 0 unspecified atom stereocenters. The van der Waals surface area contributed by atoms with Crippen LogP contribution in [0.4, 0.5) is 0 Å². The summed E-state index contributed by atoms with van der Waals surface area (Å²) in [6.07, 6.45) is 0. The van der Waals surface area contributed by atoms with Crippen LogP contribution in [0.2, 0.25) is 0 Å². The summed E-state index contributed by atoms with van der Waals surface area (Å²) in [5, 5.41) is 14.2. The third kappa shape index (κ3) is 2.53. The molecule has 0 aromatic carbocycles. The number of carbonyl (C=O) groups is 2. The largest absolute Gasteiger partial charge is 0.480 e. The van der Waals surface area contributed by atoms with Crippen molar-refractivity contribution in [2.45, 2.75) is 19.8 Å². The molecule has 0 spiro atoms. The van der Waals surface area contributed by atoms with Gasteiger partial charge in [-0.15, -0.1) is 11.3 Å². The van der Waals surface area contributed by atoms with Gasteiger partial charge in [-0.05, 0) is 12.0 Å². The van der Waals surface area contributed by atoms with E-state index in [1.165, 1.54) is 23.3 Å². The fourth-order valence-corrected chi connectivity index (χ4v) is 3.14. The third-order valence-electron chi connectivity index (χ3n) is 3.02. The highest BCUT2D eigenvalue weighted by molar-refractivity contribution is 7.20. The smallest absolute Gasteiger partial charge is 0.323 e. The number of likely N-dealkylation sites (N-methyl/N-ethyl adjacent to an activating group) is 1. The molecule has 2 rings (SSSR count). The molecule has 0 aliphatic rings. The highest BCUT2D eigenvalue weighted by Gasteiger charge is 2.21. The lowest BCUT2D eigenvalue weighted by Crippen LogP contribution is -2.31. The standard InChI is InChI=1S/C13H17N3O3S/c1-7(2)11-8-5-9(20-13(8)16(4)14-11)12(19)15(3)6-10(17)18/h5,7H,6H2,1-4H3,(H,17,18). The zero-order valence-corrected chi connectivity index (χ0v) is 12.7. The molecule has 7 heteroatoms. The number of hydrogen-bond acceptors (Lipinski definition) is 4. The van der Waals surface area contributed by atoms with Crippen LogP contribution in [0.5, 0.6) is 0 Å². The quantitative estimate of drug-likeness (QED) is 0.935. The first-order valence-electron chi connectivity index (χ1n) is 6.25. The van der Waals surface area contributed by atoms with Crippen molar-refractivity contribution in [1.29, 1.82) is 0 Å². The first kappa shape index (κ1) is 14.5. The first-order chi connectivity index (χ1) is 9.31.